The Kier molecular flexibility index (Phi) is 7.08. The Morgan fingerprint density at radius 2 is 2.09 bits per heavy atom. The van der Waals surface area contributed by atoms with Gasteiger partial charge in [-0.05, 0) is 12.8 Å². The average molecular weight is 160 g/mol. The van der Waals surface area contributed by atoms with Crippen LogP contribution in [0.2, 0.25) is 0 Å². The SMILES string of the molecule is NCCC(=O)OCCCC[O]. The summed E-state index contributed by atoms with van der Waals surface area (Å²) in [6.07, 6.45) is 1.48. The monoisotopic (exact) mass is 160 g/mol. The summed E-state index contributed by atoms with van der Waals surface area (Å²) in [7, 11) is 0. The van der Waals surface area contributed by atoms with Gasteiger partial charge in [0.25, 0.3) is 0 Å². The number of hydrogen-bond donors (Lipinski definition) is 1. The Hall–Kier alpha value is -0.610. The van der Waals surface area contributed by atoms with Crippen LogP contribution >= 0.6 is 0 Å². The lowest BCUT2D eigenvalue weighted by atomic mass is 10.3. The fourth-order valence-electron chi connectivity index (χ4n) is 0.580. The maximum absolute atomic E-state index is 10.6. The van der Waals surface area contributed by atoms with Crippen molar-refractivity contribution >= 4 is 5.97 Å². The van der Waals surface area contributed by atoms with Crippen molar-refractivity contribution in [1.82, 2.24) is 0 Å². The number of ether oxygens (including phenoxy) is 1. The minimum absolute atomic E-state index is 0.103. The first-order valence-electron chi connectivity index (χ1n) is 3.75. The Labute approximate surface area is 66.3 Å². The van der Waals surface area contributed by atoms with E-state index in [1.165, 1.54) is 0 Å². The molecular formula is C7H14NO3. The van der Waals surface area contributed by atoms with Crippen molar-refractivity contribution < 1.29 is 14.6 Å². The predicted molar refractivity (Wildman–Crippen MR) is 39.4 cm³/mol. The van der Waals surface area contributed by atoms with Crippen molar-refractivity contribution in [2.24, 2.45) is 5.73 Å². The van der Waals surface area contributed by atoms with E-state index in [0.717, 1.165) is 0 Å². The molecule has 4 heteroatoms. The highest BCUT2D eigenvalue weighted by atomic mass is 16.5. The van der Waals surface area contributed by atoms with E-state index in [9.17, 15) is 9.90 Å². The van der Waals surface area contributed by atoms with E-state index in [1.807, 2.05) is 0 Å². The van der Waals surface area contributed by atoms with Gasteiger partial charge in [-0.15, -0.1) is 0 Å². The van der Waals surface area contributed by atoms with Gasteiger partial charge in [-0.1, -0.05) is 0 Å². The van der Waals surface area contributed by atoms with Gasteiger partial charge in [0.15, 0.2) is 0 Å². The van der Waals surface area contributed by atoms with Crippen LogP contribution in [-0.4, -0.2) is 25.7 Å². The van der Waals surface area contributed by atoms with Crippen LogP contribution in [0.25, 0.3) is 0 Å². The number of carbonyl (C=O) groups excluding carboxylic acids is 1. The minimum Gasteiger partial charge on any atom is -0.466 e. The highest BCUT2D eigenvalue weighted by molar-refractivity contribution is 5.69. The fourth-order valence-corrected chi connectivity index (χ4v) is 0.580. The molecule has 0 bridgehead atoms. The van der Waals surface area contributed by atoms with Gasteiger partial charge in [0.05, 0.1) is 19.6 Å². The zero-order valence-corrected chi connectivity index (χ0v) is 6.54. The molecule has 0 atom stereocenters. The second-order valence-electron chi connectivity index (χ2n) is 2.17. The third-order valence-electron chi connectivity index (χ3n) is 1.15. The second-order valence-corrected chi connectivity index (χ2v) is 2.17. The fraction of sp³-hybridized carbons (Fsp3) is 0.857. The van der Waals surface area contributed by atoms with Crippen LogP contribution in [-0.2, 0) is 14.6 Å². The number of nitrogens with two attached hydrogens (primary N) is 1. The molecule has 11 heavy (non-hydrogen) atoms. The normalized spacial score (nSPS) is 9.64. The van der Waals surface area contributed by atoms with Crippen molar-refractivity contribution in [3.8, 4) is 0 Å². The number of hydrogen-bond acceptors (Lipinski definition) is 3. The summed E-state index contributed by atoms with van der Waals surface area (Å²) in [6, 6.07) is 0. The Morgan fingerprint density at radius 3 is 2.64 bits per heavy atom. The van der Waals surface area contributed by atoms with Crippen molar-refractivity contribution in [2.45, 2.75) is 19.3 Å². The zero-order chi connectivity index (χ0) is 8.53. The molecule has 0 fully saturated rings. The summed E-state index contributed by atoms with van der Waals surface area (Å²) >= 11 is 0. The Bertz CT molecular complexity index is 106. The standard InChI is InChI=1S/C7H14NO3/c8-4-3-7(10)11-6-2-1-5-9/h1-6,8H2. The van der Waals surface area contributed by atoms with E-state index >= 15 is 0 Å². The molecule has 0 aromatic heterocycles. The van der Waals surface area contributed by atoms with Crippen molar-refractivity contribution in [1.29, 1.82) is 0 Å². The van der Waals surface area contributed by atoms with Crippen LogP contribution in [0.15, 0.2) is 0 Å². The predicted octanol–water partition coefficient (Wildman–Crippen LogP) is 0.0891. The molecular weight excluding hydrogens is 146 g/mol. The van der Waals surface area contributed by atoms with Crippen LogP contribution in [0.4, 0.5) is 0 Å². The first kappa shape index (κ1) is 10.4. The Balaban J connectivity index is 3.04. The molecule has 1 radical (unpaired) electrons. The molecule has 0 saturated heterocycles. The number of esters is 1. The lowest BCUT2D eigenvalue weighted by Gasteiger charge is -2.01. The van der Waals surface area contributed by atoms with Crippen molar-refractivity contribution in [3.05, 3.63) is 0 Å². The van der Waals surface area contributed by atoms with Crippen LogP contribution in [0.5, 0.6) is 0 Å². The number of rotatable bonds is 6. The second kappa shape index (κ2) is 7.50. The van der Waals surface area contributed by atoms with Crippen molar-refractivity contribution in [3.63, 3.8) is 0 Å². The van der Waals surface area contributed by atoms with E-state index in [-0.39, 0.29) is 19.0 Å². The molecule has 0 unspecified atom stereocenters. The largest absolute Gasteiger partial charge is 0.466 e. The number of carbonyl (C=O) groups is 1. The summed E-state index contributed by atoms with van der Waals surface area (Å²) in [4.78, 5) is 10.6. The van der Waals surface area contributed by atoms with Gasteiger partial charge < -0.3 is 10.5 Å². The molecule has 65 valence electrons. The molecule has 0 saturated carbocycles. The molecule has 4 nitrogen and oxygen atoms in total. The van der Waals surface area contributed by atoms with Crippen LogP contribution in [0.1, 0.15) is 19.3 Å². The van der Waals surface area contributed by atoms with E-state index in [4.69, 9.17) is 10.5 Å². The topological polar surface area (TPSA) is 72.2 Å². The molecule has 0 rings (SSSR count). The minimum atomic E-state index is -0.279. The van der Waals surface area contributed by atoms with Crippen molar-refractivity contribution in [2.75, 3.05) is 19.8 Å². The quantitative estimate of drug-likeness (QED) is 0.442. The van der Waals surface area contributed by atoms with Gasteiger partial charge in [-0.2, -0.15) is 0 Å². The summed E-state index contributed by atoms with van der Waals surface area (Å²) in [5.74, 6) is -0.279. The molecule has 0 heterocycles. The van der Waals surface area contributed by atoms with Gasteiger partial charge >= 0.3 is 5.97 Å². The van der Waals surface area contributed by atoms with Gasteiger partial charge in [0.2, 0.25) is 0 Å². The summed E-state index contributed by atoms with van der Waals surface area (Å²) in [5.41, 5.74) is 5.11. The van der Waals surface area contributed by atoms with E-state index in [2.05, 4.69) is 0 Å². The molecule has 0 aromatic carbocycles. The van der Waals surface area contributed by atoms with Gasteiger partial charge in [-0.25, -0.2) is 5.11 Å². The zero-order valence-electron chi connectivity index (χ0n) is 6.54. The van der Waals surface area contributed by atoms with E-state index < -0.39 is 0 Å². The highest BCUT2D eigenvalue weighted by Crippen LogP contribution is 1.90. The molecule has 0 spiro atoms. The molecule has 0 aliphatic rings. The molecule has 0 aliphatic carbocycles. The van der Waals surface area contributed by atoms with E-state index in [0.29, 0.717) is 26.0 Å². The molecule has 0 aromatic rings. The molecule has 0 amide bonds. The molecule has 0 aliphatic heterocycles. The lowest BCUT2D eigenvalue weighted by Crippen LogP contribution is -2.11. The van der Waals surface area contributed by atoms with Gasteiger partial charge in [0.1, 0.15) is 0 Å². The van der Waals surface area contributed by atoms with Gasteiger partial charge in [-0.3, -0.25) is 4.79 Å². The smallest absolute Gasteiger partial charge is 0.307 e. The lowest BCUT2D eigenvalue weighted by molar-refractivity contribution is -0.143. The summed E-state index contributed by atoms with van der Waals surface area (Å²) < 4.78 is 4.73. The van der Waals surface area contributed by atoms with Crippen LogP contribution < -0.4 is 5.73 Å². The third kappa shape index (κ3) is 7.29. The number of unbranched alkanes of at least 4 members (excludes halogenated alkanes) is 1. The summed E-state index contributed by atoms with van der Waals surface area (Å²) in [6.45, 7) is 0.565. The first-order chi connectivity index (χ1) is 5.31. The van der Waals surface area contributed by atoms with Crippen LogP contribution in [0, 0.1) is 0 Å². The van der Waals surface area contributed by atoms with Gasteiger partial charge in [0, 0.05) is 6.54 Å². The van der Waals surface area contributed by atoms with Crippen LogP contribution in [0.3, 0.4) is 0 Å². The molecule has 2 N–H and O–H groups in total. The van der Waals surface area contributed by atoms with E-state index in [1.54, 1.807) is 0 Å². The maximum atomic E-state index is 10.6. The maximum Gasteiger partial charge on any atom is 0.307 e. The third-order valence-corrected chi connectivity index (χ3v) is 1.15. The Morgan fingerprint density at radius 1 is 1.36 bits per heavy atom. The highest BCUT2D eigenvalue weighted by Gasteiger charge is 1.98. The summed E-state index contributed by atoms with van der Waals surface area (Å²) in [5, 5.41) is 9.94. The first-order valence-corrected chi connectivity index (χ1v) is 3.75. The average Bonchev–Trinajstić information content (AvgIpc) is 1.99.